The summed E-state index contributed by atoms with van der Waals surface area (Å²) >= 11 is 0. The first-order chi connectivity index (χ1) is 5.36. The van der Waals surface area contributed by atoms with Gasteiger partial charge in [0.05, 0.1) is 18.9 Å². The van der Waals surface area contributed by atoms with Crippen molar-refractivity contribution in [1.82, 2.24) is 4.81 Å². The molecule has 0 aromatic rings. The third kappa shape index (κ3) is 2.63. The van der Waals surface area contributed by atoms with E-state index in [9.17, 15) is 4.79 Å². The Morgan fingerprint density at radius 3 is 3.27 bits per heavy atom. The van der Waals surface area contributed by atoms with E-state index in [0.717, 1.165) is 32.3 Å². The molecule has 3 nitrogen and oxygen atoms in total. The van der Waals surface area contributed by atoms with Gasteiger partial charge in [0.1, 0.15) is 0 Å². The second kappa shape index (κ2) is 4.52. The van der Waals surface area contributed by atoms with Gasteiger partial charge < -0.3 is 14.3 Å². The van der Waals surface area contributed by atoms with Gasteiger partial charge in [-0.05, 0) is 6.42 Å². The molecule has 0 aromatic heterocycles. The van der Waals surface area contributed by atoms with Crippen LogP contribution in [0.25, 0.3) is 0 Å². The van der Waals surface area contributed by atoms with E-state index < -0.39 is 0 Å². The van der Waals surface area contributed by atoms with Crippen LogP contribution in [-0.4, -0.2) is 44.2 Å². The van der Waals surface area contributed by atoms with Crippen molar-refractivity contribution >= 4 is 13.6 Å². The van der Waals surface area contributed by atoms with Gasteiger partial charge in [0.2, 0.25) is 0 Å². The average Bonchev–Trinajstić information content (AvgIpc) is 2.06. The predicted molar refractivity (Wildman–Crippen MR) is 44.1 cm³/mol. The van der Waals surface area contributed by atoms with Crippen LogP contribution in [0.3, 0.4) is 0 Å². The van der Waals surface area contributed by atoms with Crippen LogP contribution in [0.2, 0.25) is 0 Å². The van der Waals surface area contributed by atoms with Crippen LogP contribution in [0.1, 0.15) is 13.3 Å². The number of morpholine rings is 1. The van der Waals surface area contributed by atoms with Crippen molar-refractivity contribution < 1.29 is 9.53 Å². The molecule has 1 fully saturated rings. The Balaban J connectivity index is 2.27. The summed E-state index contributed by atoms with van der Waals surface area (Å²) in [6, 6.07) is 0. The molecule has 0 bridgehead atoms. The fourth-order valence-corrected chi connectivity index (χ4v) is 1.21. The zero-order valence-electron chi connectivity index (χ0n) is 6.82. The third-order valence-corrected chi connectivity index (χ3v) is 1.90. The summed E-state index contributed by atoms with van der Waals surface area (Å²) in [6.45, 7) is 4.53. The second-order valence-corrected chi connectivity index (χ2v) is 2.68. The minimum atomic E-state index is 0.306. The maximum absolute atomic E-state index is 10.1. The molecule has 0 aromatic carbocycles. The van der Waals surface area contributed by atoms with Crippen LogP contribution in [0.4, 0.5) is 0 Å². The van der Waals surface area contributed by atoms with Crippen molar-refractivity contribution in [2.75, 3.05) is 19.7 Å². The molecule has 1 atom stereocenters. The van der Waals surface area contributed by atoms with Gasteiger partial charge in [-0.2, -0.15) is 0 Å². The summed E-state index contributed by atoms with van der Waals surface area (Å²) in [4.78, 5) is 12.1. The summed E-state index contributed by atoms with van der Waals surface area (Å²) in [5, 5.41) is 0. The summed E-state index contributed by atoms with van der Waals surface area (Å²) in [6.07, 6.45) is 2.15. The first-order valence-corrected chi connectivity index (χ1v) is 4.01. The molecule has 0 unspecified atom stereocenters. The topological polar surface area (TPSA) is 29.5 Å². The van der Waals surface area contributed by atoms with Crippen LogP contribution in [0.15, 0.2) is 0 Å². The maximum atomic E-state index is 10.1. The minimum Gasteiger partial charge on any atom is -0.376 e. The Labute approximate surface area is 68.0 Å². The molecule has 1 heterocycles. The first kappa shape index (κ1) is 8.75. The van der Waals surface area contributed by atoms with Crippen molar-refractivity contribution in [3.63, 3.8) is 0 Å². The number of hydrogen-bond acceptors (Lipinski definition) is 3. The van der Waals surface area contributed by atoms with E-state index in [-0.39, 0.29) is 0 Å². The highest BCUT2D eigenvalue weighted by Crippen LogP contribution is 2.05. The Bertz CT molecular complexity index is 132. The third-order valence-electron chi connectivity index (χ3n) is 1.90. The van der Waals surface area contributed by atoms with Crippen molar-refractivity contribution in [3.8, 4) is 0 Å². The molecule has 4 heteroatoms. The summed E-state index contributed by atoms with van der Waals surface area (Å²) < 4.78 is 5.43. The molecular formula is C7H13BNO2. The van der Waals surface area contributed by atoms with Crippen LogP contribution in [0.5, 0.6) is 0 Å². The maximum Gasteiger partial charge on any atom is 0.293 e. The fraction of sp³-hybridized carbons (Fsp3) is 0.857. The molecule has 1 radical (unpaired) electrons. The lowest BCUT2D eigenvalue weighted by Crippen LogP contribution is -2.44. The van der Waals surface area contributed by atoms with Gasteiger partial charge in [-0.15, -0.1) is 0 Å². The largest absolute Gasteiger partial charge is 0.376 e. The van der Waals surface area contributed by atoms with E-state index in [0.29, 0.717) is 6.10 Å². The summed E-state index contributed by atoms with van der Waals surface area (Å²) in [5.74, 6) is 0. The normalized spacial score (nSPS) is 26.5. The van der Waals surface area contributed by atoms with Crippen molar-refractivity contribution in [2.24, 2.45) is 0 Å². The Morgan fingerprint density at radius 2 is 2.64 bits per heavy atom. The monoisotopic (exact) mass is 154 g/mol. The number of ether oxygens (including phenoxy) is 1. The zero-order chi connectivity index (χ0) is 8.10. The highest BCUT2D eigenvalue weighted by molar-refractivity contribution is 6.64. The van der Waals surface area contributed by atoms with Crippen LogP contribution in [0, 0.1) is 0 Å². The number of nitrogens with zero attached hydrogens (tertiary/aromatic N) is 1. The van der Waals surface area contributed by atoms with E-state index in [1.54, 1.807) is 7.41 Å². The Morgan fingerprint density at radius 1 is 1.82 bits per heavy atom. The van der Waals surface area contributed by atoms with E-state index in [2.05, 4.69) is 6.92 Å². The lowest BCUT2D eigenvalue weighted by Gasteiger charge is -2.30. The van der Waals surface area contributed by atoms with Gasteiger partial charge in [0.25, 0.3) is 7.41 Å². The fourth-order valence-electron chi connectivity index (χ4n) is 1.21. The van der Waals surface area contributed by atoms with Crippen molar-refractivity contribution in [3.05, 3.63) is 0 Å². The molecule has 0 aliphatic carbocycles. The summed E-state index contributed by atoms with van der Waals surface area (Å²) in [7, 11) is 1.59. The Kier molecular flexibility index (Phi) is 3.59. The molecule has 0 amide bonds. The SMILES string of the molecule is CC[C@@H]1CN([B]C=O)CCO1. The van der Waals surface area contributed by atoms with Gasteiger partial charge >= 0.3 is 0 Å². The molecule has 0 N–H and O–H groups in total. The van der Waals surface area contributed by atoms with Crippen LogP contribution in [-0.2, 0) is 9.53 Å². The van der Waals surface area contributed by atoms with E-state index in [1.165, 1.54) is 0 Å². The van der Waals surface area contributed by atoms with E-state index >= 15 is 0 Å². The highest BCUT2D eigenvalue weighted by atomic mass is 16.5. The van der Waals surface area contributed by atoms with E-state index in [1.807, 2.05) is 4.81 Å². The molecule has 0 saturated carbocycles. The number of rotatable bonds is 3. The minimum absolute atomic E-state index is 0.306. The lowest BCUT2D eigenvalue weighted by molar-refractivity contribution is -0.00304. The molecule has 61 valence electrons. The zero-order valence-corrected chi connectivity index (χ0v) is 6.82. The van der Waals surface area contributed by atoms with Gasteiger partial charge in [-0.1, -0.05) is 6.92 Å². The van der Waals surface area contributed by atoms with Gasteiger partial charge in [0, 0.05) is 13.1 Å². The first-order valence-electron chi connectivity index (χ1n) is 4.01. The smallest absolute Gasteiger partial charge is 0.293 e. The standard InChI is InChI=1S/C7H13BNO2/c1-2-7-5-9(8-6-10)3-4-11-7/h6-7H,2-5H2,1H3/t7-/m1/s1. The van der Waals surface area contributed by atoms with Gasteiger partial charge in [-0.25, -0.2) is 0 Å². The average molecular weight is 154 g/mol. The number of carbonyl (C=O) groups excluding carboxylic acids is 1. The lowest BCUT2D eigenvalue weighted by atomic mass is 9.93. The number of carbonyl (C=O) groups is 1. The quantitative estimate of drug-likeness (QED) is 0.420. The van der Waals surface area contributed by atoms with Crippen LogP contribution >= 0.6 is 0 Å². The number of hydrogen-bond donors (Lipinski definition) is 0. The van der Waals surface area contributed by atoms with Gasteiger partial charge in [-0.3, -0.25) is 0 Å². The molecule has 1 aliphatic heterocycles. The Hall–Kier alpha value is -0.345. The second-order valence-electron chi connectivity index (χ2n) is 2.68. The van der Waals surface area contributed by atoms with Crippen LogP contribution < -0.4 is 0 Å². The molecule has 1 aliphatic rings. The van der Waals surface area contributed by atoms with Crippen molar-refractivity contribution in [1.29, 1.82) is 0 Å². The molecule has 0 spiro atoms. The predicted octanol–water partition coefficient (Wildman–Crippen LogP) is -0.0934. The summed E-state index contributed by atoms with van der Waals surface area (Å²) in [5.41, 5.74) is 0. The van der Waals surface area contributed by atoms with Gasteiger partial charge in [0.15, 0.2) is 0 Å². The highest BCUT2D eigenvalue weighted by Gasteiger charge is 2.18. The van der Waals surface area contributed by atoms with E-state index in [4.69, 9.17) is 4.74 Å². The molecule has 1 saturated heterocycles. The molecule has 11 heavy (non-hydrogen) atoms. The van der Waals surface area contributed by atoms with Crippen molar-refractivity contribution in [2.45, 2.75) is 19.4 Å². The molecule has 1 rings (SSSR count). The molecular weight excluding hydrogens is 141 g/mol.